The Balaban J connectivity index is 2.24. The molecule has 0 radical (unpaired) electrons. The number of likely N-dealkylation sites (tertiary alicyclic amines) is 1. The minimum atomic E-state index is -0.366. The van der Waals surface area contributed by atoms with Crippen molar-refractivity contribution >= 4 is 11.8 Å². The van der Waals surface area contributed by atoms with Crippen LogP contribution in [0.15, 0.2) is 30.3 Å². The number of amides is 2. The molecule has 0 aromatic heterocycles. The molecule has 1 aromatic rings. The van der Waals surface area contributed by atoms with Crippen LogP contribution in [-0.2, 0) is 15.0 Å². The molecule has 4 heteroatoms. The van der Waals surface area contributed by atoms with E-state index in [0.717, 1.165) is 25.8 Å². The zero-order valence-corrected chi connectivity index (χ0v) is 17.4. The van der Waals surface area contributed by atoms with E-state index in [9.17, 15) is 9.59 Å². The second kappa shape index (κ2) is 9.38. The lowest BCUT2D eigenvalue weighted by molar-refractivity contribution is -0.144. The average molecular weight is 373 g/mol. The predicted molar refractivity (Wildman–Crippen MR) is 110 cm³/mol. The van der Waals surface area contributed by atoms with Crippen LogP contribution in [0.5, 0.6) is 0 Å². The highest BCUT2D eigenvalue weighted by molar-refractivity contribution is 5.87. The molecule has 0 aliphatic carbocycles. The summed E-state index contributed by atoms with van der Waals surface area (Å²) in [6.45, 7) is 9.98. The minimum Gasteiger partial charge on any atom is -0.369 e. The van der Waals surface area contributed by atoms with Gasteiger partial charge in [-0.1, -0.05) is 64.4 Å². The molecule has 1 aliphatic heterocycles. The lowest BCUT2D eigenvalue weighted by Crippen LogP contribution is -2.51. The molecule has 0 bridgehead atoms. The number of carbonyl (C=O) groups is 2. The Morgan fingerprint density at radius 1 is 1.19 bits per heavy atom. The molecule has 150 valence electrons. The maximum absolute atomic E-state index is 13.5. The molecule has 4 nitrogen and oxygen atoms in total. The summed E-state index contributed by atoms with van der Waals surface area (Å²) in [7, 11) is 0. The van der Waals surface area contributed by atoms with Gasteiger partial charge in [-0.05, 0) is 37.2 Å². The number of hydrogen-bond donors (Lipinski definition) is 1. The molecule has 2 N–H and O–H groups in total. The number of piperidine rings is 1. The summed E-state index contributed by atoms with van der Waals surface area (Å²) in [6.07, 6.45) is 4.31. The Bertz CT molecular complexity index is 629. The number of hydrogen-bond acceptors (Lipinski definition) is 2. The van der Waals surface area contributed by atoms with Crippen LogP contribution in [0, 0.1) is 17.8 Å². The molecule has 1 aromatic carbocycles. The summed E-state index contributed by atoms with van der Waals surface area (Å²) in [5, 5.41) is 0. The van der Waals surface area contributed by atoms with Gasteiger partial charge in [-0.3, -0.25) is 9.59 Å². The highest BCUT2D eigenvalue weighted by Crippen LogP contribution is 2.35. The first-order valence-electron chi connectivity index (χ1n) is 10.4. The third-order valence-corrected chi connectivity index (χ3v) is 5.97. The molecule has 2 amide bonds. The molecule has 0 saturated carbocycles. The molecule has 2 rings (SSSR count). The normalized spacial score (nSPS) is 22.5. The van der Waals surface area contributed by atoms with Gasteiger partial charge in [-0.15, -0.1) is 0 Å². The first kappa shape index (κ1) is 21.5. The van der Waals surface area contributed by atoms with E-state index < -0.39 is 0 Å². The molecule has 1 fully saturated rings. The average Bonchev–Trinajstić information content (AvgIpc) is 2.64. The Morgan fingerprint density at radius 2 is 1.85 bits per heavy atom. The minimum absolute atomic E-state index is 0.0372. The molecule has 2 unspecified atom stereocenters. The molecular formula is C23H36N2O2. The fraction of sp³-hybridized carbons (Fsp3) is 0.652. The fourth-order valence-corrected chi connectivity index (χ4v) is 4.54. The standard InChI is InChI=1S/C23H36N2O2/c1-5-10-19(21(24)26)20(15-17(2)3)22(27)25-14-9-13-23(4,16-25)18-11-7-6-8-12-18/h6-8,11-12,17,19-20H,5,9-10,13-16H2,1-4H3,(H2,24,26)/t19?,20?,23-/m0/s1. The maximum atomic E-state index is 13.5. The Kier molecular flexibility index (Phi) is 7.46. The Labute approximate surface area is 164 Å². The summed E-state index contributed by atoms with van der Waals surface area (Å²) in [5.74, 6) is -0.542. The van der Waals surface area contributed by atoms with Gasteiger partial charge in [0, 0.05) is 30.3 Å². The fourth-order valence-electron chi connectivity index (χ4n) is 4.54. The van der Waals surface area contributed by atoms with E-state index in [1.54, 1.807) is 0 Å². The van der Waals surface area contributed by atoms with Crippen LogP contribution in [0.2, 0.25) is 0 Å². The van der Waals surface area contributed by atoms with Gasteiger partial charge in [0.2, 0.25) is 11.8 Å². The topological polar surface area (TPSA) is 63.4 Å². The highest BCUT2D eigenvalue weighted by Gasteiger charge is 2.39. The van der Waals surface area contributed by atoms with Gasteiger partial charge in [0.05, 0.1) is 0 Å². The number of primary amides is 1. The maximum Gasteiger partial charge on any atom is 0.226 e. The van der Waals surface area contributed by atoms with E-state index in [1.165, 1.54) is 5.56 Å². The van der Waals surface area contributed by atoms with Gasteiger partial charge in [0.25, 0.3) is 0 Å². The number of rotatable bonds is 8. The number of benzene rings is 1. The summed E-state index contributed by atoms with van der Waals surface area (Å²) in [6, 6.07) is 10.5. The summed E-state index contributed by atoms with van der Waals surface area (Å²) in [5.41, 5.74) is 6.94. The van der Waals surface area contributed by atoms with Crippen molar-refractivity contribution in [1.29, 1.82) is 0 Å². The third kappa shape index (κ3) is 5.33. The zero-order chi connectivity index (χ0) is 20.0. The number of nitrogens with zero attached hydrogens (tertiary/aromatic N) is 1. The molecule has 1 aliphatic rings. The van der Waals surface area contributed by atoms with E-state index in [1.807, 2.05) is 17.9 Å². The second-order valence-electron chi connectivity index (χ2n) is 8.82. The van der Waals surface area contributed by atoms with Crippen LogP contribution in [0.1, 0.15) is 65.4 Å². The van der Waals surface area contributed by atoms with Gasteiger partial charge < -0.3 is 10.6 Å². The van der Waals surface area contributed by atoms with Crippen molar-refractivity contribution in [3.05, 3.63) is 35.9 Å². The third-order valence-electron chi connectivity index (χ3n) is 5.97. The van der Waals surface area contributed by atoms with Gasteiger partial charge in [-0.25, -0.2) is 0 Å². The van der Waals surface area contributed by atoms with Crippen LogP contribution >= 0.6 is 0 Å². The van der Waals surface area contributed by atoms with Gasteiger partial charge in [0.1, 0.15) is 0 Å². The van der Waals surface area contributed by atoms with Gasteiger partial charge in [0.15, 0.2) is 0 Å². The highest BCUT2D eigenvalue weighted by atomic mass is 16.2. The summed E-state index contributed by atoms with van der Waals surface area (Å²) >= 11 is 0. The molecule has 1 saturated heterocycles. The van der Waals surface area contributed by atoms with Crippen LogP contribution in [0.25, 0.3) is 0 Å². The van der Waals surface area contributed by atoms with Crippen molar-refractivity contribution in [2.24, 2.45) is 23.5 Å². The van der Waals surface area contributed by atoms with Crippen LogP contribution in [0.3, 0.4) is 0 Å². The number of carbonyl (C=O) groups excluding carboxylic acids is 2. The largest absolute Gasteiger partial charge is 0.369 e. The molecule has 3 atom stereocenters. The lowest BCUT2D eigenvalue weighted by Gasteiger charge is -2.43. The van der Waals surface area contributed by atoms with E-state index in [2.05, 4.69) is 45.0 Å². The van der Waals surface area contributed by atoms with E-state index >= 15 is 0 Å². The lowest BCUT2D eigenvalue weighted by atomic mass is 9.75. The smallest absolute Gasteiger partial charge is 0.226 e. The van der Waals surface area contributed by atoms with Gasteiger partial charge >= 0.3 is 0 Å². The SMILES string of the molecule is CCCC(C(N)=O)C(CC(C)C)C(=O)N1CCC[C@](C)(c2ccccc2)C1. The molecule has 0 spiro atoms. The predicted octanol–water partition coefficient (Wildman–Crippen LogP) is 4.13. The van der Waals surface area contributed by atoms with Crippen molar-refractivity contribution in [1.82, 2.24) is 4.90 Å². The molecule has 27 heavy (non-hydrogen) atoms. The molecular weight excluding hydrogens is 336 g/mol. The first-order valence-corrected chi connectivity index (χ1v) is 10.4. The quantitative estimate of drug-likeness (QED) is 0.746. The summed E-state index contributed by atoms with van der Waals surface area (Å²) in [4.78, 5) is 27.6. The summed E-state index contributed by atoms with van der Waals surface area (Å²) < 4.78 is 0. The van der Waals surface area contributed by atoms with Crippen LogP contribution in [-0.4, -0.2) is 29.8 Å². The zero-order valence-electron chi connectivity index (χ0n) is 17.4. The first-order chi connectivity index (χ1) is 12.8. The van der Waals surface area contributed by atoms with Gasteiger partial charge in [-0.2, -0.15) is 0 Å². The van der Waals surface area contributed by atoms with Crippen molar-refractivity contribution in [3.8, 4) is 0 Å². The van der Waals surface area contributed by atoms with Crippen molar-refractivity contribution in [2.45, 2.75) is 65.2 Å². The van der Waals surface area contributed by atoms with E-state index in [-0.39, 0.29) is 29.1 Å². The second-order valence-corrected chi connectivity index (χ2v) is 8.82. The van der Waals surface area contributed by atoms with Crippen LogP contribution in [0.4, 0.5) is 0 Å². The van der Waals surface area contributed by atoms with Crippen LogP contribution < -0.4 is 5.73 Å². The number of nitrogens with two attached hydrogens (primary N) is 1. The van der Waals surface area contributed by atoms with Crippen molar-refractivity contribution in [3.63, 3.8) is 0 Å². The van der Waals surface area contributed by atoms with Crippen molar-refractivity contribution in [2.75, 3.05) is 13.1 Å². The molecule has 1 heterocycles. The van der Waals surface area contributed by atoms with E-state index in [0.29, 0.717) is 25.3 Å². The monoisotopic (exact) mass is 372 g/mol. The Morgan fingerprint density at radius 3 is 2.41 bits per heavy atom. The Hall–Kier alpha value is -1.84. The van der Waals surface area contributed by atoms with E-state index in [4.69, 9.17) is 5.73 Å². The van der Waals surface area contributed by atoms with Crippen molar-refractivity contribution < 1.29 is 9.59 Å².